The Kier molecular flexibility index (Phi) is 17.0. The average molecular weight is 348 g/mol. The lowest BCUT2D eigenvalue weighted by Crippen LogP contribution is -2.25. The summed E-state index contributed by atoms with van der Waals surface area (Å²) in [4.78, 5) is 10.6. The lowest BCUT2D eigenvalue weighted by molar-refractivity contribution is -0.182. The van der Waals surface area contributed by atoms with Crippen molar-refractivity contribution in [3.63, 3.8) is 0 Å². The molecule has 25 heavy (non-hydrogen) atoms. The molecule has 4 heteroatoms. The van der Waals surface area contributed by atoms with Crippen LogP contribution in [0.1, 0.15) is 45.4 Å². The highest BCUT2D eigenvalue weighted by Crippen LogP contribution is 1.98. The van der Waals surface area contributed by atoms with Gasteiger partial charge in [0.05, 0.1) is 6.61 Å². The van der Waals surface area contributed by atoms with Gasteiger partial charge in [-0.05, 0) is 38.5 Å². The summed E-state index contributed by atoms with van der Waals surface area (Å²) < 4.78 is 9.73. The molecule has 0 saturated carbocycles. The first-order chi connectivity index (χ1) is 12.2. The molecule has 4 nitrogen and oxygen atoms in total. The third-order valence-corrected chi connectivity index (χ3v) is 3.13. The highest BCUT2D eigenvalue weighted by molar-refractivity contribution is 5.70. The van der Waals surface area contributed by atoms with E-state index in [1.54, 1.807) is 0 Å². The monoisotopic (exact) mass is 348 g/mol. The van der Waals surface area contributed by atoms with Crippen LogP contribution in [0.15, 0.2) is 60.8 Å². The van der Waals surface area contributed by atoms with Gasteiger partial charge in [-0.25, -0.2) is 4.79 Å². The van der Waals surface area contributed by atoms with Crippen LogP contribution in [0.3, 0.4) is 0 Å². The van der Waals surface area contributed by atoms with E-state index < -0.39 is 12.3 Å². The zero-order valence-electron chi connectivity index (χ0n) is 15.5. The van der Waals surface area contributed by atoms with E-state index in [1.165, 1.54) is 7.11 Å². The maximum absolute atomic E-state index is 10.6. The Morgan fingerprint density at radius 1 is 0.840 bits per heavy atom. The van der Waals surface area contributed by atoms with Crippen molar-refractivity contribution in [1.82, 2.24) is 0 Å². The Labute approximate surface area is 152 Å². The molecule has 0 aromatic rings. The summed E-state index contributed by atoms with van der Waals surface area (Å²) in [7, 11) is 1.31. The van der Waals surface area contributed by atoms with Crippen molar-refractivity contribution < 1.29 is 19.4 Å². The molecule has 0 bridgehead atoms. The molecule has 0 spiro atoms. The van der Waals surface area contributed by atoms with Gasteiger partial charge in [0.15, 0.2) is 0 Å². The molecule has 1 N–H and O–H groups in total. The molecule has 0 aliphatic rings. The van der Waals surface area contributed by atoms with Gasteiger partial charge in [-0.15, -0.1) is 0 Å². The third-order valence-electron chi connectivity index (χ3n) is 3.13. The maximum Gasteiger partial charge on any atom is 0.361 e. The van der Waals surface area contributed by atoms with Crippen LogP contribution in [-0.2, 0) is 14.3 Å². The molecule has 0 amide bonds. The predicted molar refractivity (Wildman–Crippen MR) is 103 cm³/mol. The number of carboxylic acid groups (broad SMARTS) is 1. The van der Waals surface area contributed by atoms with E-state index in [9.17, 15) is 4.79 Å². The topological polar surface area (TPSA) is 55.8 Å². The first kappa shape index (κ1) is 23.1. The normalized spacial score (nSPS) is 14.0. The van der Waals surface area contributed by atoms with Gasteiger partial charge >= 0.3 is 5.97 Å². The second-order valence-corrected chi connectivity index (χ2v) is 5.27. The molecular formula is C21H32O4. The zero-order valence-corrected chi connectivity index (χ0v) is 15.5. The summed E-state index contributed by atoms with van der Waals surface area (Å²) in [6, 6.07) is 0. The summed E-state index contributed by atoms with van der Waals surface area (Å²) in [5.41, 5.74) is 0. The van der Waals surface area contributed by atoms with Crippen LogP contribution in [0.4, 0.5) is 0 Å². The van der Waals surface area contributed by atoms with E-state index in [0.29, 0.717) is 13.0 Å². The Bertz CT molecular complexity index is 459. The van der Waals surface area contributed by atoms with Crippen molar-refractivity contribution in [3.05, 3.63) is 60.8 Å². The molecule has 1 atom stereocenters. The molecule has 0 aromatic heterocycles. The molecule has 1 unspecified atom stereocenters. The van der Waals surface area contributed by atoms with Crippen molar-refractivity contribution in [2.75, 3.05) is 13.7 Å². The van der Waals surface area contributed by atoms with Gasteiger partial charge in [-0.2, -0.15) is 0 Å². The van der Waals surface area contributed by atoms with Gasteiger partial charge in [0.1, 0.15) is 0 Å². The van der Waals surface area contributed by atoms with E-state index in [0.717, 1.165) is 32.1 Å². The summed E-state index contributed by atoms with van der Waals surface area (Å²) in [6.45, 7) is 2.47. The molecule has 0 radical (unpaired) electrons. The number of hydrogen-bond acceptors (Lipinski definition) is 3. The van der Waals surface area contributed by atoms with Gasteiger partial charge in [-0.3, -0.25) is 0 Å². The summed E-state index contributed by atoms with van der Waals surface area (Å²) in [5, 5.41) is 8.72. The minimum Gasteiger partial charge on any atom is -0.477 e. The largest absolute Gasteiger partial charge is 0.477 e. The number of allylic oxidation sites excluding steroid dienone is 9. The number of hydrogen-bond donors (Lipinski definition) is 1. The fourth-order valence-electron chi connectivity index (χ4n) is 1.85. The molecule has 0 saturated heterocycles. The van der Waals surface area contributed by atoms with Crippen molar-refractivity contribution >= 4 is 5.97 Å². The molecule has 140 valence electrons. The van der Waals surface area contributed by atoms with Crippen LogP contribution in [-0.4, -0.2) is 31.1 Å². The zero-order chi connectivity index (χ0) is 18.6. The molecule has 0 fully saturated rings. The van der Waals surface area contributed by atoms with Crippen molar-refractivity contribution in [3.8, 4) is 0 Å². The number of rotatable bonds is 15. The van der Waals surface area contributed by atoms with Gasteiger partial charge in [0.25, 0.3) is 6.29 Å². The van der Waals surface area contributed by atoms with Crippen LogP contribution >= 0.6 is 0 Å². The Morgan fingerprint density at radius 2 is 1.28 bits per heavy atom. The van der Waals surface area contributed by atoms with Crippen LogP contribution < -0.4 is 0 Å². The third kappa shape index (κ3) is 16.7. The molecule has 0 aliphatic heterocycles. The SMILES string of the molecule is CC/C=C\C/C=C\C/C=C\C/C=C\C/C=C\CCOC(OC)C(=O)O. The standard InChI is InChI=1S/C21H32O4/c1-3-4-5-6-7-8-9-10-11-12-13-14-15-16-17-18-19-25-21(24-2)20(22)23/h4-5,7-8,10-11,13-14,16-17,21H,3,6,9,12,15,18-19H2,1-2H3,(H,22,23)/b5-4-,8-7-,11-10-,14-13-,17-16-. The minimum absolute atomic E-state index is 0.329. The van der Waals surface area contributed by atoms with E-state index in [2.05, 4.69) is 60.3 Å². The molecule has 0 rings (SSSR count). The van der Waals surface area contributed by atoms with Crippen molar-refractivity contribution in [1.29, 1.82) is 0 Å². The van der Waals surface area contributed by atoms with E-state index in [4.69, 9.17) is 9.84 Å². The summed E-state index contributed by atoms with van der Waals surface area (Å²) in [6.07, 6.45) is 25.7. The van der Waals surface area contributed by atoms with Crippen LogP contribution in [0.2, 0.25) is 0 Å². The number of carbonyl (C=O) groups is 1. The quantitative estimate of drug-likeness (QED) is 0.251. The Hall–Kier alpha value is -1.91. The van der Waals surface area contributed by atoms with Gasteiger partial charge in [0, 0.05) is 7.11 Å². The first-order valence-corrected chi connectivity index (χ1v) is 8.84. The van der Waals surface area contributed by atoms with Crippen LogP contribution in [0.5, 0.6) is 0 Å². The van der Waals surface area contributed by atoms with Gasteiger partial charge in [0.2, 0.25) is 0 Å². The van der Waals surface area contributed by atoms with Crippen LogP contribution in [0.25, 0.3) is 0 Å². The van der Waals surface area contributed by atoms with Crippen molar-refractivity contribution in [2.45, 2.75) is 51.7 Å². The number of aliphatic carboxylic acids is 1. The van der Waals surface area contributed by atoms with E-state index >= 15 is 0 Å². The summed E-state index contributed by atoms with van der Waals surface area (Å²) >= 11 is 0. The van der Waals surface area contributed by atoms with E-state index in [1.807, 2.05) is 12.2 Å². The summed E-state index contributed by atoms with van der Waals surface area (Å²) in [5.74, 6) is -1.11. The first-order valence-electron chi connectivity index (χ1n) is 8.84. The Morgan fingerprint density at radius 3 is 1.68 bits per heavy atom. The van der Waals surface area contributed by atoms with Crippen LogP contribution in [0, 0.1) is 0 Å². The Balaban J connectivity index is 3.57. The fraction of sp³-hybridized carbons (Fsp3) is 0.476. The second-order valence-electron chi connectivity index (χ2n) is 5.27. The number of methoxy groups -OCH3 is 1. The molecule has 0 aromatic carbocycles. The lowest BCUT2D eigenvalue weighted by atomic mass is 10.2. The van der Waals surface area contributed by atoms with Crippen molar-refractivity contribution in [2.24, 2.45) is 0 Å². The highest BCUT2D eigenvalue weighted by atomic mass is 16.7. The second kappa shape index (κ2) is 18.4. The average Bonchev–Trinajstić information content (AvgIpc) is 2.60. The molecular weight excluding hydrogens is 316 g/mol. The van der Waals surface area contributed by atoms with Gasteiger partial charge < -0.3 is 14.6 Å². The van der Waals surface area contributed by atoms with E-state index in [-0.39, 0.29) is 0 Å². The van der Waals surface area contributed by atoms with Gasteiger partial charge in [-0.1, -0.05) is 67.7 Å². The highest BCUT2D eigenvalue weighted by Gasteiger charge is 2.15. The lowest BCUT2D eigenvalue weighted by Gasteiger charge is -2.09. The molecule has 0 aliphatic carbocycles. The number of ether oxygens (including phenoxy) is 2. The smallest absolute Gasteiger partial charge is 0.361 e. The maximum atomic E-state index is 10.6. The minimum atomic E-state index is -1.18. The fourth-order valence-corrected chi connectivity index (χ4v) is 1.85. The predicted octanol–water partition coefficient (Wildman–Crippen LogP) is 5.20. The number of carboxylic acids is 1. The molecule has 0 heterocycles.